The molecule has 0 saturated heterocycles. The molecule has 1 atom stereocenters. The number of hydrogen-bond donors (Lipinski definition) is 1. The van der Waals surface area contributed by atoms with E-state index < -0.39 is 11.7 Å². The highest BCUT2D eigenvalue weighted by Crippen LogP contribution is 2.38. The lowest BCUT2D eigenvalue weighted by molar-refractivity contribution is -0.138. The normalized spacial score (nSPS) is 13.0. The number of hydrogen-bond acceptors (Lipinski definition) is 2. The number of halogens is 3. The maximum atomic E-state index is 12.9. The second-order valence-corrected chi connectivity index (χ2v) is 4.68. The van der Waals surface area contributed by atoms with Gasteiger partial charge < -0.3 is 10.1 Å². The summed E-state index contributed by atoms with van der Waals surface area (Å²) in [6.07, 6.45) is -4.44. The third-order valence-corrected chi connectivity index (χ3v) is 3.21. The number of rotatable bonds is 4. The highest BCUT2D eigenvalue weighted by atomic mass is 19.4. The van der Waals surface area contributed by atoms with Gasteiger partial charge in [-0.3, -0.25) is 0 Å². The Morgan fingerprint density at radius 1 is 1.05 bits per heavy atom. The summed E-state index contributed by atoms with van der Waals surface area (Å²) >= 11 is 0. The van der Waals surface area contributed by atoms with Crippen molar-refractivity contribution in [2.45, 2.75) is 19.1 Å². The lowest BCUT2D eigenvalue weighted by Crippen LogP contribution is -2.12. The SMILES string of the molecule is CNC(C)c1cccc(Oc2ccccc2C(F)(F)F)c1. The van der Waals surface area contributed by atoms with Gasteiger partial charge >= 0.3 is 6.18 Å². The van der Waals surface area contributed by atoms with E-state index in [1.807, 2.05) is 20.0 Å². The zero-order valence-corrected chi connectivity index (χ0v) is 11.7. The van der Waals surface area contributed by atoms with Crippen molar-refractivity contribution in [1.82, 2.24) is 5.32 Å². The lowest BCUT2D eigenvalue weighted by Gasteiger charge is -2.15. The van der Waals surface area contributed by atoms with Crippen LogP contribution in [-0.4, -0.2) is 7.05 Å². The summed E-state index contributed by atoms with van der Waals surface area (Å²) in [6, 6.07) is 12.3. The zero-order valence-electron chi connectivity index (χ0n) is 11.7. The van der Waals surface area contributed by atoms with Gasteiger partial charge in [0.15, 0.2) is 0 Å². The molecular formula is C16H16F3NO. The molecule has 2 aromatic carbocycles. The Morgan fingerprint density at radius 2 is 1.76 bits per heavy atom. The molecule has 2 aromatic rings. The van der Waals surface area contributed by atoms with Crippen molar-refractivity contribution >= 4 is 0 Å². The molecule has 0 aliphatic rings. The van der Waals surface area contributed by atoms with Gasteiger partial charge in [0.1, 0.15) is 11.5 Å². The number of alkyl halides is 3. The first-order valence-electron chi connectivity index (χ1n) is 6.53. The molecule has 0 amide bonds. The van der Waals surface area contributed by atoms with Gasteiger partial charge in [-0.05, 0) is 43.8 Å². The predicted molar refractivity (Wildman–Crippen MR) is 75.4 cm³/mol. The van der Waals surface area contributed by atoms with Gasteiger partial charge in [0, 0.05) is 6.04 Å². The Morgan fingerprint density at radius 3 is 2.43 bits per heavy atom. The van der Waals surface area contributed by atoms with Gasteiger partial charge in [-0.25, -0.2) is 0 Å². The van der Waals surface area contributed by atoms with Crippen LogP contribution in [0.25, 0.3) is 0 Å². The van der Waals surface area contributed by atoms with Crippen molar-refractivity contribution in [2.75, 3.05) is 7.05 Å². The van der Waals surface area contributed by atoms with Crippen molar-refractivity contribution in [3.63, 3.8) is 0 Å². The van der Waals surface area contributed by atoms with Gasteiger partial charge in [-0.2, -0.15) is 13.2 Å². The molecular weight excluding hydrogens is 279 g/mol. The summed E-state index contributed by atoms with van der Waals surface area (Å²) in [5.74, 6) is 0.186. The summed E-state index contributed by atoms with van der Waals surface area (Å²) in [7, 11) is 1.82. The van der Waals surface area contributed by atoms with Crippen LogP contribution in [0.5, 0.6) is 11.5 Å². The van der Waals surface area contributed by atoms with Crippen LogP contribution in [0, 0.1) is 0 Å². The van der Waals surface area contributed by atoms with E-state index >= 15 is 0 Å². The van der Waals surface area contributed by atoms with Crippen LogP contribution in [-0.2, 0) is 6.18 Å². The smallest absolute Gasteiger partial charge is 0.419 e. The number of para-hydroxylation sites is 1. The Hall–Kier alpha value is -2.01. The van der Waals surface area contributed by atoms with Crippen molar-refractivity contribution < 1.29 is 17.9 Å². The maximum Gasteiger partial charge on any atom is 0.419 e. The highest BCUT2D eigenvalue weighted by molar-refractivity contribution is 5.40. The molecule has 0 saturated carbocycles. The van der Waals surface area contributed by atoms with E-state index in [-0.39, 0.29) is 11.8 Å². The minimum atomic E-state index is -4.44. The van der Waals surface area contributed by atoms with E-state index in [4.69, 9.17) is 4.74 Å². The van der Waals surface area contributed by atoms with Crippen molar-refractivity contribution in [3.05, 3.63) is 59.7 Å². The summed E-state index contributed by atoms with van der Waals surface area (Å²) in [6.45, 7) is 1.96. The maximum absolute atomic E-state index is 12.9. The average Bonchev–Trinajstić information content (AvgIpc) is 2.46. The molecule has 0 spiro atoms. The zero-order chi connectivity index (χ0) is 15.5. The molecule has 0 heterocycles. The lowest BCUT2D eigenvalue weighted by atomic mass is 10.1. The van der Waals surface area contributed by atoms with Crippen molar-refractivity contribution in [1.29, 1.82) is 0 Å². The molecule has 0 aliphatic carbocycles. The van der Waals surface area contributed by atoms with Crippen molar-refractivity contribution in [3.8, 4) is 11.5 Å². The molecule has 2 nitrogen and oxygen atoms in total. The first-order valence-corrected chi connectivity index (χ1v) is 6.53. The van der Waals surface area contributed by atoms with E-state index in [9.17, 15) is 13.2 Å². The number of benzene rings is 2. The molecule has 1 N–H and O–H groups in total. The van der Waals surface area contributed by atoms with Crippen molar-refractivity contribution in [2.24, 2.45) is 0 Å². The highest BCUT2D eigenvalue weighted by Gasteiger charge is 2.34. The topological polar surface area (TPSA) is 21.3 Å². The molecule has 0 aromatic heterocycles. The van der Waals surface area contributed by atoms with E-state index in [0.717, 1.165) is 11.6 Å². The monoisotopic (exact) mass is 295 g/mol. The third kappa shape index (κ3) is 3.76. The largest absolute Gasteiger partial charge is 0.457 e. The second-order valence-electron chi connectivity index (χ2n) is 4.68. The summed E-state index contributed by atoms with van der Waals surface area (Å²) in [5, 5.41) is 3.07. The second kappa shape index (κ2) is 6.18. The van der Waals surface area contributed by atoms with Crippen LogP contribution < -0.4 is 10.1 Å². The fourth-order valence-corrected chi connectivity index (χ4v) is 1.93. The van der Waals surface area contributed by atoms with Crippen LogP contribution in [0.2, 0.25) is 0 Å². The molecule has 0 aliphatic heterocycles. The summed E-state index contributed by atoms with van der Waals surface area (Å²) in [5.41, 5.74) is 0.163. The van der Waals surface area contributed by atoms with E-state index in [2.05, 4.69) is 5.32 Å². The fourth-order valence-electron chi connectivity index (χ4n) is 1.93. The molecule has 5 heteroatoms. The van der Waals surface area contributed by atoms with Gasteiger partial charge in [-0.1, -0.05) is 24.3 Å². The van der Waals surface area contributed by atoms with Gasteiger partial charge in [0.25, 0.3) is 0 Å². The third-order valence-electron chi connectivity index (χ3n) is 3.21. The summed E-state index contributed by atoms with van der Waals surface area (Å²) in [4.78, 5) is 0. The molecule has 112 valence electrons. The average molecular weight is 295 g/mol. The van der Waals surface area contributed by atoms with Gasteiger partial charge in [0.2, 0.25) is 0 Å². The first-order chi connectivity index (χ1) is 9.91. The van der Waals surface area contributed by atoms with Crippen LogP contribution in [0.3, 0.4) is 0 Å². The van der Waals surface area contributed by atoms with E-state index in [1.54, 1.807) is 18.2 Å². The van der Waals surface area contributed by atoms with Crippen LogP contribution >= 0.6 is 0 Å². The molecule has 2 rings (SSSR count). The minimum absolute atomic E-state index is 0.0893. The van der Waals surface area contributed by atoms with E-state index in [0.29, 0.717) is 5.75 Å². The van der Waals surface area contributed by atoms with Crippen LogP contribution in [0.4, 0.5) is 13.2 Å². The first kappa shape index (κ1) is 15.4. The molecule has 21 heavy (non-hydrogen) atoms. The van der Waals surface area contributed by atoms with E-state index in [1.165, 1.54) is 18.2 Å². The Balaban J connectivity index is 2.31. The molecule has 1 unspecified atom stereocenters. The van der Waals surface area contributed by atoms with Crippen LogP contribution in [0.15, 0.2) is 48.5 Å². The molecule has 0 radical (unpaired) electrons. The quantitative estimate of drug-likeness (QED) is 0.876. The Bertz CT molecular complexity index is 610. The Labute approximate surface area is 121 Å². The molecule has 0 bridgehead atoms. The van der Waals surface area contributed by atoms with Crippen LogP contribution in [0.1, 0.15) is 24.1 Å². The predicted octanol–water partition coefficient (Wildman–Crippen LogP) is 4.78. The summed E-state index contributed by atoms with van der Waals surface area (Å²) < 4.78 is 44.2. The number of nitrogens with one attached hydrogen (secondary N) is 1. The molecule has 0 fully saturated rings. The number of ether oxygens (including phenoxy) is 1. The minimum Gasteiger partial charge on any atom is -0.457 e. The fraction of sp³-hybridized carbons (Fsp3) is 0.250. The van der Waals surface area contributed by atoms with Gasteiger partial charge in [0.05, 0.1) is 5.56 Å². The Kier molecular flexibility index (Phi) is 4.53. The van der Waals surface area contributed by atoms with Gasteiger partial charge in [-0.15, -0.1) is 0 Å². The standard InChI is InChI=1S/C16H16F3NO/c1-11(20-2)12-6-5-7-13(10-12)21-15-9-4-3-8-14(15)16(17,18)19/h3-11,20H,1-2H3.